The zero-order valence-electron chi connectivity index (χ0n) is 19.0. The lowest BCUT2D eigenvalue weighted by molar-refractivity contribution is -0.119. The van der Waals surface area contributed by atoms with Gasteiger partial charge in [0.05, 0.1) is 18.3 Å². The summed E-state index contributed by atoms with van der Waals surface area (Å²) in [7, 11) is 0. The third-order valence-corrected chi connectivity index (χ3v) is 6.51. The number of anilines is 1. The van der Waals surface area contributed by atoms with Gasteiger partial charge in [-0.25, -0.2) is 0 Å². The number of fused-ring (bicyclic) bond motifs is 1. The van der Waals surface area contributed by atoms with Crippen LogP contribution in [0.25, 0.3) is 0 Å². The second-order valence-electron chi connectivity index (χ2n) is 9.49. The van der Waals surface area contributed by atoms with E-state index in [9.17, 15) is 9.59 Å². The predicted octanol–water partition coefficient (Wildman–Crippen LogP) is 5.60. The Bertz CT molecular complexity index is 936. The number of carbonyl (C=O) groups is 2. The SMILES string of the molecule is CC(C)CC(=O)c1ccc2c(c1)N(Cc1ccc(C(C)(C)C)cc1)C(=O)[C@@H](N)CS2.Cl. The Morgan fingerprint density at radius 3 is 2.39 bits per heavy atom. The van der Waals surface area contributed by atoms with Crippen molar-refractivity contribution in [2.75, 3.05) is 10.7 Å². The fourth-order valence-electron chi connectivity index (χ4n) is 3.54. The van der Waals surface area contributed by atoms with E-state index in [2.05, 4.69) is 45.0 Å². The van der Waals surface area contributed by atoms with Gasteiger partial charge in [-0.2, -0.15) is 0 Å². The van der Waals surface area contributed by atoms with Gasteiger partial charge >= 0.3 is 0 Å². The number of hydrogen-bond acceptors (Lipinski definition) is 4. The highest BCUT2D eigenvalue weighted by Crippen LogP contribution is 2.36. The summed E-state index contributed by atoms with van der Waals surface area (Å²) in [5, 5.41) is 0. The second kappa shape index (κ2) is 10.2. The molecule has 31 heavy (non-hydrogen) atoms. The van der Waals surface area contributed by atoms with Crippen molar-refractivity contribution >= 4 is 41.5 Å². The molecule has 0 saturated heterocycles. The van der Waals surface area contributed by atoms with Crippen LogP contribution in [0.3, 0.4) is 0 Å². The van der Waals surface area contributed by atoms with Crippen LogP contribution in [0.5, 0.6) is 0 Å². The van der Waals surface area contributed by atoms with E-state index >= 15 is 0 Å². The Balaban J connectivity index is 0.00000341. The molecule has 3 rings (SSSR count). The van der Waals surface area contributed by atoms with Crippen LogP contribution < -0.4 is 10.6 Å². The number of thioether (sulfide) groups is 1. The fraction of sp³-hybridized carbons (Fsp3) is 0.440. The number of amides is 1. The lowest BCUT2D eigenvalue weighted by atomic mass is 9.87. The molecule has 2 aromatic rings. The Morgan fingerprint density at radius 2 is 1.81 bits per heavy atom. The Hall–Kier alpha value is -1.82. The minimum absolute atomic E-state index is 0. The first kappa shape index (κ1) is 25.4. The number of rotatable bonds is 5. The molecule has 1 amide bonds. The van der Waals surface area contributed by atoms with E-state index in [1.165, 1.54) is 5.56 Å². The van der Waals surface area contributed by atoms with Crippen LogP contribution in [0.1, 0.15) is 62.5 Å². The summed E-state index contributed by atoms with van der Waals surface area (Å²) >= 11 is 1.58. The van der Waals surface area contributed by atoms with Crippen molar-refractivity contribution < 1.29 is 9.59 Å². The third-order valence-electron chi connectivity index (χ3n) is 5.33. The van der Waals surface area contributed by atoms with Crippen LogP contribution in [0, 0.1) is 5.92 Å². The highest BCUT2D eigenvalue weighted by molar-refractivity contribution is 7.99. The van der Waals surface area contributed by atoms with Crippen LogP contribution in [-0.4, -0.2) is 23.5 Å². The second-order valence-corrected chi connectivity index (χ2v) is 10.6. The molecule has 0 radical (unpaired) electrons. The first-order chi connectivity index (χ1) is 14.1. The van der Waals surface area contributed by atoms with Crippen molar-refractivity contribution in [3.05, 3.63) is 59.2 Å². The normalized spacial score (nSPS) is 16.5. The molecule has 0 unspecified atom stereocenters. The Morgan fingerprint density at radius 1 is 1.16 bits per heavy atom. The van der Waals surface area contributed by atoms with Crippen molar-refractivity contribution in [3.8, 4) is 0 Å². The molecular formula is C25H33ClN2O2S. The number of ketones is 1. The number of nitrogens with zero attached hydrogens (tertiary/aromatic N) is 1. The molecule has 0 aliphatic carbocycles. The third kappa shape index (κ3) is 6.12. The molecule has 0 spiro atoms. The number of nitrogens with two attached hydrogens (primary N) is 1. The van der Waals surface area contributed by atoms with Gasteiger partial charge in [-0.05, 0) is 34.6 Å². The van der Waals surface area contributed by atoms with Crippen molar-refractivity contribution in [3.63, 3.8) is 0 Å². The number of Topliss-reactive ketones (excluding diaryl/α,β-unsaturated/α-hetero) is 1. The first-order valence-corrected chi connectivity index (χ1v) is 11.5. The van der Waals surface area contributed by atoms with Crippen LogP contribution in [0.15, 0.2) is 47.4 Å². The molecule has 0 saturated carbocycles. The van der Waals surface area contributed by atoms with Gasteiger partial charge < -0.3 is 10.6 Å². The quantitative estimate of drug-likeness (QED) is 0.589. The van der Waals surface area contributed by atoms with Crippen LogP contribution >= 0.6 is 24.2 Å². The average Bonchev–Trinajstić information content (AvgIpc) is 2.79. The molecule has 1 atom stereocenters. The van der Waals surface area contributed by atoms with Gasteiger partial charge in [0.1, 0.15) is 0 Å². The molecule has 168 valence electrons. The Labute approximate surface area is 196 Å². The lowest BCUT2D eigenvalue weighted by Crippen LogP contribution is -2.44. The molecule has 2 N–H and O–H groups in total. The lowest BCUT2D eigenvalue weighted by Gasteiger charge is -2.25. The van der Waals surface area contributed by atoms with E-state index in [1.54, 1.807) is 16.7 Å². The van der Waals surface area contributed by atoms with Gasteiger partial charge in [0.25, 0.3) is 0 Å². The van der Waals surface area contributed by atoms with Crippen molar-refractivity contribution in [1.82, 2.24) is 0 Å². The average molecular weight is 461 g/mol. The maximum Gasteiger partial charge on any atom is 0.245 e. The topological polar surface area (TPSA) is 63.4 Å². The summed E-state index contributed by atoms with van der Waals surface area (Å²) in [5.74, 6) is 0.825. The maximum absolute atomic E-state index is 13.1. The molecule has 1 aliphatic heterocycles. The maximum atomic E-state index is 13.1. The number of benzene rings is 2. The zero-order valence-corrected chi connectivity index (χ0v) is 20.6. The molecule has 0 bridgehead atoms. The minimum atomic E-state index is -0.564. The smallest absolute Gasteiger partial charge is 0.245 e. The van der Waals surface area contributed by atoms with Gasteiger partial charge in [0, 0.05) is 22.6 Å². The van der Waals surface area contributed by atoms with Crippen LogP contribution in [-0.2, 0) is 16.8 Å². The van der Waals surface area contributed by atoms with Crippen LogP contribution in [0.2, 0.25) is 0 Å². The summed E-state index contributed by atoms with van der Waals surface area (Å²) in [6, 6.07) is 13.5. The van der Waals surface area contributed by atoms with Crippen LogP contribution in [0.4, 0.5) is 5.69 Å². The minimum Gasteiger partial charge on any atom is -0.319 e. The molecular weight excluding hydrogens is 428 g/mol. The molecule has 1 aliphatic rings. The van der Waals surface area contributed by atoms with Crippen molar-refractivity contribution in [1.29, 1.82) is 0 Å². The van der Waals surface area contributed by atoms with Crippen molar-refractivity contribution in [2.24, 2.45) is 11.7 Å². The summed E-state index contributed by atoms with van der Waals surface area (Å²) < 4.78 is 0. The molecule has 6 heteroatoms. The molecule has 2 aromatic carbocycles. The summed E-state index contributed by atoms with van der Waals surface area (Å²) in [6.07, 6.45) is 0.494. The van der Waals surface area contributed by atoms with E-state index in [1.807, 2.05) is 32.0 Å². The number of hydrogen-bond donors (Lipinski definition) is 1. The summed E-state index contributed by atoms with van der Waals surface area (Å²) in [5.41, 5.74) is 9.98. The highest BCUT2D eigenvalue weighted by Gasteiger charge is 2.29. The van der Waals surface area contributed by atoms with E-state index in [-0.39, 0.29) is 35.4 Å². The van der Waals surface area contributed by atoms with E-state index in [0.29, 0.717) is 24.3 Å². The molecule has 0 aromatic heterocycles. The van der Waals surface area contributed by atoms with E-state index < -0.39 is 6.04 Å². The first-order valence-electron chi connectivity index (χ1n) is 10.5. The van der Waals surface area contributed by atoms with Gasteiger partial charge in [-0.15, -0.1) is 24.2 Å². The predicted molar refractivity (Wildman–Crippen MR) is 133 cm³/mol. The highest BCUT2D eigenvalue weighted by atomic mass is 35.5. The Kier molecular flexibility index (Phi) is 8.37. The fourth-order valence-corrected chi connectivity index (χ4v) is 4.52. The van der Waals surface area contributed by atoms with Gasteiger partial charge in [0.2, 0.25) is 5.91 Å². The monoisotopic (exact) mass is 460 g/mol. The molecule has 1 heterocycles. The van der Waals surface area contributed by atoms with Gasteiger partial charge in [-0.3, -0.25) is 9.59 Å². The van der Waals surface area contributed by atoms with E-state index in [4.69, 9.17) is 5.73 Å². The molecule has 4 nitrogen and oxygen atoms in total. The van der Waals surface area contributed by atoms with E-state index in [0.717, 1.165) is 16.1 Å². The zero-order chi connectivity index (χ0) is 22.1. The summed E-state index contributed by atoms with van der Waals surface area (Å²) in [6.45, 7) is 11.1. The van der Waals surface area contributed by atoms with Gasteiger partial charge in [0.15, 0.2) is 5.78 Å². The van der Waals surface area contributed by atoms with Gasteiger partial charge in [-0.1, -0.05) is 65.0 Å². The number of halogens is 1. The standard InChI is InChI=1S/C25H32N2O2S.ClH/c1-16(2)12-22(28)18-8-11-23-21(13-18)27(24(29)20(26)15-30-23)14-17-6-9-19(10-7-17)25(3,4)5;/h6-11,13,16,20H,12,14-15,26H2,1-5H3;1H/t20-;/m0./s1. The van der Waals surface area contributed by atoms with Crippen molar-refractivity contribution in [2.45, 2.75) is 63.9 Å². The largest absolute Gasteiger partial charge is 0.319 e. The molecule has 0 fully saturated rings. The number of carbonyl (C=O) groups excluding carboxylic acids is 2. The summed E-state index contributed by atoms with van der Waals surface area (Å²) in [4.78, 5) is 28.5.